The van der Waals surface area contributed by atoms with E-state index in [0.29, 0.717) is 6.54 Å². The van der Waals surface area contributed by atoms with Crippen molar-refractivity contribution >= 4 is 41.3 Å². The van der Waals surface area contributed by atoms with Crippen LogP contribution in [0.15, 0.2) is 26.9 Å². The van der Waals surface area contributed by atoms with Gasteiger partial charge < -0.3 is 15.1 Å². The predicted octanol–water partition coefficient (Wildman–Crippen LogP) is 4.78. The lowest BCUT2D eigenvalue weighted by atomic mass is 9.93. The van der Waals surface area contributed by atoms with Gasteiger partial charge in [0, 0.05) is 17.3 Å². The number of rotatable bonds is 5. The molecule has 5 nitrogen and oxygen atoms in total. The van der Waals surface area contributed by atoms with Gasteiger partial charge in [0.15, 0.2) is 5.96 Å². The zero-order chi connectivity index (χ0) is 17.7. The molecule has 0 spiro atoms. The van der Waals surface area contributed by atoms with Gasteiger partial charge in [-0.1, -0.05) is 20.8 Å². The van der Waals surface area contributed by atoms with Crippen LogP contribution < -0.4 is 10.6 Å². The van der Waals surface area contributed by atoms with Crippen molar-refractivity contribution in [3.8, 4) is 0 Å². The average molecular weight is 476 g/mol. The Bertz CT molecular complexity index is 687. The molecule has 7 heteroatoms. The molecule has 2 heterocycles. The summed E-state index contributed by atoms with van der Waals surface area (Å²) in [5, 5.41) is 9.80. The van der Waals surface area contributed by atoms with E-state index in [-0.39, 0.29) is 35.4 Å². The first-order valence-corrected chi connectivity index (χ1v) is 9.23. The molecular weight excluding hydrogens is 447 g/mol. The smallest absolute Gasteiger partial charge is 0.192 e. The largest absolute Gasteiger partial charge is 0.464 e. The fourth-order valence-electron chi connectivity index (χ4n) is 2.16. The number of guanidine groups is 1. The van der Waals surface area contributed by atoms with Crippen molar-refractivity contribution in [2.45, 2.75) is 59.5 Å². The summed E-state index contributed by atoms with van der Waals surface area (Å²) in [7, 11) is 0. The van der Waals surface area contributed by atoms with Crippen LogP contribution in [0.25, 0.3) is 0 Å². The van der Waals surface area contributed by atoms with E-state index in [9.17, 15) is 0 Å². The van der Waals surface area contributed by atoms with Gasteiger partial charge in [0.05, 0.1) is 18.3 Å². The Morgan fingerprint density at radius 1 is 1.36 bits per heavy atom. The molecule has 0 aliphatic heterocycles. The van der Waals surface area contributed by atoms with Crippen LogP contribution in [0.1, 0.15) is 62.9 Å². The number of aryl methyl sites for hydroxylation is 1. The lowest BCUT2D eigenvalue weighted by Gasteiger charge is -2.16. The van der Waals surface area contributed by atoms with Crippen molar-refractivity contribution in [2.24, 2.45) is 4.99 Å². The Kier molecular flexibility index (Phi) is 8.40. The van der Waals surface area contributed by atoms with Gasteiger partial charge in [0.1, 0.15) is 16.5 Å². The molecule has 1 atom stereocenters. The summed E-state index contributed by atoms with van der Waals surface area (Å²) >= 11 is 1.66. The summed E-state index contributed by atoms with van der Waals surface area (Å²) in [4.78, 5) is 9.34. The Morgan fingerprint density at radius 2 is 2.08 bits per heavy atom. The molecule has 2 N–H and O–H groups in total. The molecule has 0 aliphatic rings. The molecule has 0 fully saturated rings. The lowest BCUT2D eigenvalue weighted by Crippen LogP contribution is -2.38. The van der Waals surface area contributed by atoms with E-state index < -0.39 is 0 Å². The molecule has 0 aliphatic carbocycles. The quantitative estimate of drug-likeness (QED) is 0.371. The number of hydrogen-bond acceptors (Lipinski definition) is 4. The summed E-state index contributed by atoms with van der Waals surface area (Å²) in [6.45, 7) is 14.0. The van der Waals surface area contributed by atoms with Crippen LogP contribution in [-0.4, -0.2) is 17.5 Å². The third kappa shape index (κ3) is 6.62. The van der Waals surface area contributed by atoms with Crippen molar-refractivity contribution in [1.29, 1.82) is 0 Å². The molecule has 2 aromatic rings. The fraction of sp³-hybridized carbons (Fsp3) is 0.556. The number of nitrogens with zero attached hydrogens (tertiary/aromatic N) is 2. The maximum absolute atomic E-state index is 5.67. The second-order valence-corrected chi connectivity index (χ2v) is 7.83. The van der Waals surface area contributed by atoms with Gasteiger partial charge in [0.25, 0.3) is 0 Å². The number of halogens is 1. The lowest BCUT2D eigenvalue weighted by molar-refractivity contribution is 0.441. The Hall–Kier alpha value is -1.09. The first-order chi connectivity index (χ1) is 11.3. The third-order valence-electron chi connectivity index (χ3n) is 3.58. The van der Waals surface area contributed by atoms with Crippen molar-refractivity contribution in [2.75, 3.05) is 6.54 Å². The van der Waals surface area contributed by atoms with Gasteiger partial charge in [-0.2, -0.15) is 0 Å². The van der Waals surface area contributed by atoms with E-state index in [1.54, 1.807) is 11.3 Å². The average Bonchev–Trinajstić information content (AvgIpc) is 3.13. The topological polar surface area (TPSA) is 62.5 Å². The summed E-state index contributed by atoms with van der Waals surface area (Å²) < 4.78 is 5.67. The van der Waals surface area contributed by atoms with E-state index in [1.807, 2.05) is 19.1 Å². The van der Waals surface area contributed by atoms with Crippen molar-refractivity contribution < 1.29 is 4.42 Å². The van der Waals surface area contributed by atoms with Gasteiger partial charge in [0.2, 0.25) is 0 Å². The summed E-state index contributed by atoms with van der Waals surface area (Å²) in [6.07, 6.45) is 0. The Balaban J connectivity index is 0.00000312. The summed E-state index contributed by atoms with van der Waals surface area (Å²) in [5.41, 5.74) is 1.20. The van der Waals surface area contributed by atoms with E-state index in [2.05, 4.69) is 55.6 Å². The number of aromatic nitrogens is 1. The van der Waals surface area contributed by atoms with Crippen LogP contribution in [0.4, 0.5) is 0 Å². The van der Waals surface area contributed by atoms with Crippen molar-refractivity contribution in [3.05, 3.63) is 39.7 Å². The van der Waals surface area contributed by atoms with Gasteiger partial charge in [-0.05, 0) is 32.9 Å². The van der Waals surface area contributed by atoms with Gasteiger partial charge >= 0.3 is 0 Å². The minimum atomic E-state index is 0. The number of thiazole rings is 1. The molecule has 0 aromatic carbocycles. The van der Waals surface area contributed by atoms with Gasteiger partial charge in [-0.3, -0.25) is 0 Å². The maximum atomic E-state index is 5.67. The molecule has 0 saturated heterocycles. The molecule has 140 valence electrons. The highest BCUT2D eigenvalue weighted by molar-refractivity contribution is 14.0. The van der Waals surface area contributed by atoms with Gasteiger partial charge in [-0.15, -0.1) is 35.3 Å². The van der Waals surface area contributed by atoms with Gasteiger partial charge in [-0.25, -0.2) is 9.98 Å². The van der Waals surface area contributed by atoms with Crippen LogP contribution in [-0.2, 0) is 12.0 Å². The minimum Gasteiger partial charge on any atom is -0.464 e. The molecule has 1 unspecified atom stereocenters. The fourth-order valence-corrected chi connectivity index (χ4v) is 3.10. The highest BCUT2D eigenvalue weighted by Crippen LogP contribution is 2.24. The SMILES string of the molecule is CCNC(=NCc1nc(C(C)(C)C)cs1)NC(C)c1ccc(C)o1.I. The van der Waals surface area contributed by atoms with Crippen LogP contribution in [0.2, 0.25) is 0 Å². The van der Waals surface area contributed by atoms with E-state index in [4.69, 9.17) is 9.40 Å². The molecule has 0 amide bonds. The van der Waals surface area contributed by atoms with Crippen LogP contribution >= 0.6 is 35.3 Å². The highest BCUT2D eigenvalue weighted by Gasteiger charge is 2.17. The van der Waals surface area contributed by atoms with Crippen molar-refractivity contribution in [3.63, 3.8) is 0 Å². The third-order valence-corrected chi connectivity index (χ3v) is 4.41. The van der Waals surface area contributed by atoms with E-state index >= 15 is 0 Å². The zero-order valence-electron chi connectivity index (χ0n) is 15.8. The second kappa shape index (κ2) is 9.56. The maximum Gasteiger partial charge on any atom is 0.192 e. The zero-order valence-corrected chi connectivity index (χ0v) is 19.0. The van der Waals surface area contributed by atoms with Crippen LogP contribution in [0, 0.1) is 6.92 Å². The molecule has 2 rings (SSSR count). The monoisotopic (exact) mass is 476 g/mol. The number of aliphatic imine (C=N–C) groups is 1. The molecule has 2 aromatic heterocycles. The number of nitrogens with one attached hydrogen (secondary N) is 2. The highest BCUT2D eigenvalue weighted by atomic mass is 127. The number of hydrogen-bond donors (Lipinski definition) is 2. The second-order valence-electron chi connectivity index (χ2n) is 6.89. The molecule has 0 saturated carbocycles. The first kappa shape index (κ1) is 22.0. The Labute approximate surface area is 171 Å². The molecule has 0 radical (unpaired) electrons. The van der Waals surface area contributed by atoms with E-state index in [0.717, 1.165) is 34.7 Å². The first-order valence-electron chi connectivity index (χ1n) is 8.35. The van der Waals surface area contributed by atoms with Crippen molar-refractivity contribution in [1.82, 2.24) is 15.6 Å². The standard InChI is InChI=1S/C18H28N4OS.HI/c1-7-19-17(21-13(3)14-9-8-12(2)23-14)20-10-16-22-15(11-24-16)18(4,5)6;/h8-9,11,13H,7,10H2,1-6H3,(H2,19,20,21);1H. The van der Waals surface area contributed by atoms with Crippen LogP contribution in [0.3, 0.4) is 0 Å². The summed E-state index contributed by atoms with van der Waals surface area (Å²) in [6, 6.07) is 4.02. The normalized spacial score (nSPS) is 13.3. The summed E-state index contributed by atoms with van der Waals surface area (Å²) in [5.74, 6) is 2.59. The van der Waals surface area contributed by atoms with Crippen LogP contribution in [0.5, 0.6) is 0 Å². The Morgan fingerprint density at radius 3 is 2.60 bits per heavy atom. The molecule has 25 heavy (non-hydrogen) atoms. The molecule has 0 bridgehead atoms. The van der Waals surface area contributed by atoms with E-state index in [1.165, 1.54) is 0 Å². The predicted molar refractivity (Wildman–Crippen MR) is 116 cm³/mol. The molecular formula is C18H29IN4OS. The number of furan rings is 1. The minimum absolute atomic E-state index is 0.